The third kappa shape index (κ3) is 5.58. The molecule has 0 fully saturated rings. The molecule has 0 aliphatic carbocycles. The molecule has 2 amide bonds. The molecule has 138 valence electrons. The van der Waals surface area contributed by atoms with Crippen LogP contribution in [-0.4, -0.2) is 35.9 Å². The number of hydrogen-bond acceptors (Lipinski definition) is 3. The molecule has 0 aliphatic heterocycles. The Labute approximate surface area is 152 Å². The fourth-order valence-electron chi connectivity index (χ4n) is 2.44. The Morgan fingerprint density at radius 2 is 1.77 bits per heavy atom. The molecule has 2 aromatic carbocycles. The smallest absolute Gasteiger partial charge is 0.261 e. The molecule has 1 atom stereocenters. The molecule has 5 nitrogen and oxygen atoms in total. The maximum atomic E-state index is 13.1. The van der Waals surface area contributed by atoms with Crippen molar-refractivity contribution in [3.63, 3.8) is 0 Å². The molecule has 0 saturated heterocycles. The zero-order valence-electron chi connectivity index (χ0n) is 14.9. The minimum absolute atomic E-state index is 0.186. The van der Waals surface area contributed by atoms with E-state index in [2.05, 4.69) is 5.32 Å². The molecule has 1 N–H and O–H groups in total. The van der Waals surface area contributed by atoms with E-state index in [0.29, 0.717) is 12.3 Å². The Hall–Kier alpha value is -2.89. The van der Waals surface area contributed by atoms with Crippen LogP contribution >= 0.6 is 0 Å². The summed E-state index contributed by atoms with van der Waals surface area (Å²) in [6.07, 6.45) is 0. The lowest BCUT2D eigenvalue weighted by atomic mass is 10.1. The van der Waals surface area contributed by atoms with E-state index in [-0.39, 0.29) is 30.8 Å². The molecule has 0 spiro atoms. The number of rotatable bonds is 8. The first-order valence-corrected chi connectivity index (χ1v) is 8.50. The molecule has 0 heterocycles. The number of benzene rings is 2. The average molecular weight is 358 g/mol. The van der Waals surface area contributed by atoms with Crippen molar-refractivity contribution >= 4 is 11.8 Å². The van der Waals surface area contributed by atoms with Crippen molar-refractivity contribution in [1.29, 1.82) is 0 Å². The summed E-state index contributed by atoms with van der Waals surface area (Å²) in [5, 5.41) is 2.72. The lowest BCUT2D eigenvalue weighted by Crippen LogP contribution is -2.49. The number of carbonyl (C=O) groups is 2. The van der Waals surface area contributed by atoms with Gasteiger partial charge in [0.05, 0.1) is 0 Å². The molecule has 2 rings (SSSR count). The van der Waals surface area contributed by atoms with Crippen LogP contribution in [0.4, 0.5) is 4.39 Å². The number of likely N-dealkylation sites (N-methyl/N-ethyl adjacent to an activating group) is 1. The van der Waals surface area contributed by atoms with Crippen LogP contribution in [0.3, 0.4) is 0 Å². The molecular formula is C20H23FN2O3. The van der Waals surface area contributed by atoms with Crippen molar-refractivity contribution in [2.45, 2.75) is 26.4 Å². The van der Waals surface area contributed by atoms with E-state index in [1.54, 1.807) is 31.2 Å². The van der Waals surface area contributed by atoms with Crippen LogP contribution < -0.4 is 10.1 Å². The van der Waals surface area contributed by atoms with Crippen molar-refractivity contribution in [2.24, 2.45) is 0 Å². The van der Waals surface area contributed by atoms with Gasteiger partial charge in [-0.15, -0.1) is 0 Å². The van der Waals surface area contributed by atoms with Gasteiger partial charge in [-0.05, 0) is 43.7 Å². The minimum atomic E-state index is -0.674. The molecule has 6 heteroatoms. The summed E-state index contributed by atoms with van der Waals surface area (Å²) < 4.78 is 18.6. The third-order valence-corrected chi connectivity index (χ3v) is 3.89. The Balaban J connectivity index is 2.11. The third-order valence-electron chi connectivity index (χ3n) is 3.89. The highest BCUT2D eigenvalue weighted by Gasteiger charge is 2.26. The van der Waals surface area contributed by atoms with E-state index >= 15 is 0 Å². The molecule has 0 radical (unpaired) electrons. The Bertz CT molecular complexity index is 720. The summed E-state index contributed by atoms with van der Waals surface area (Å²) in [6, 6.07) is 14.2. The predicted molar refractivity (Wildman–Crippen MR) is 97.0 cm³/mol. The first-order chi connectivity index (χ1) is 12.5. The van der Waals surface area contributed by atoms with Crippen molar-refractivity contribution in [3.8, 4) is 5.75 Å². The van der Waals surface area contributed by atoms with Gasteiger partial charge in [0.2, 0.25) is 5.91 Å². The van der Waals surface area contributed by atoms with Gasteiger partial charge < -0.3 is 15.0 Å². The Morgan fingerprint density at radius 3 is 2.38 bits per heavy atom. The van der Waals surface area contributed by atoms with Gasteiger partial charge in [0.1, 0.15) is 17.6 Å². The molecule has 26 heavy (non-hydrogen) atoms. The molecule has 0 saturated carbocycles. The van der Waals surface area contributed by atoms with Crippen LogP contribution in [0.5, 0.6) is 5.75 Å². The number of halogens is 1. The van der Waals surface area contributed by atoms with Crippen LogP contribution in [0.2, 0.25) is 0 Å². The number of carbonyl (C=O) groups excluding carboxylic acids is 2. The van der Waals surface area contributed by atoms with Crippen molar-refractivity contribution < 1.29 is 18.7 Å². The summed E-state index contributed by atoms with van der Waals surface area (Å²) in [6.45, 7) is 3.96. The summed E-state index contributed by atoms with van der Waals surface area (Å²) in [4.78, 5) is 26.3. The van der Waals surface area contributed by atoms with Crippen molar-refractivity contribution in [3.05, 3.63) is 66.0 Å². The van der Waals surface area contributed by atoms with Gasteiger partial charge in [-0.25, -0.2) is 4.39 Å². The van der Waals surface area contributed by atoms with E-state index in [9.17, 15) is 14.0 Å². The topological polar surface area (TPSA) is 58.6 Å². The maximum absolute atomic E-state index is 13.1. The van der Waals surface area contributed by atoms with Gasteiger partial charge in [0.25, 0.3) is 5.91 Å². The molecule has 0 bridgehead atoms. The van der Waals surface area contributed by atoms with Crippen LogP contribution in [0, 0.1) is 5.82 Å². The lowest BCUT2D eigenvalue weighted by Gasteiger charge is -2.28. The minimum Gasteiger partial charge on any atom is -0.484 e. The number of nitrogens with one attached hydrogen (secondary N) is 1. The van der Waals surface area contributed by atoms with Gasteiger partial charge in [0.15, 0.2) is 6.61 Å². The average Bonchev–Trinajstić information content (AvgIpc) is 2.66. The van der Waals surface area contributed by atoms with Gasteiger partial charge in [-0.2, -0.15) is 0 Å². The van der Waals surface area contributed by atoms with Crippen LogP contribution in [0.15, 0.2) is 54.6 Å². The summed E-state index contributed by atoms with van der Waals surface area (Å²) >= 11 is 0. The van der Waals surface area contributed by atoms with E-state index in [4.69, 9.17) is 4.74 Å². The monoisotopic (exact) mass is 358 g/mol. The van der Waals surface area contributed by atoms with E-state index in [0.717, 1.165) is 5.56 Å². The van der Waals surface area contributed by atoms with Crippen molar-refractivity contribution in [2.75, 3.05) is 13.2 Å². The van der Waals surface area contributed by atoms with Crippen LogP contribution in [-0.2, 0) is 16.1 Å². The lowest BCUT2D eigenvalue weighted by molar-refractivity contribution is -0.142. The number of para-hydroxylation sites is 1. The van der Waals surface area contributed by atoms with E-state index in [1.807, 2.05) is 25.1 Å². The van der Waals surface area contributed by atoms with Crippen molar-refractivity contribution in [1.82, 2.24) is 10.2 Å². The number of nitrogens with zero attached hydrogens (tertiary/aromatic N) is 1. The Morgan fingerprint density at radius 1 is 1.12 bits per heavy atom. The zero-order valence-corrected chi connectivity index (χ0v) is 14.9. The molecule has 0 aliphatic rings. The van der Waals surface area contributed by atoms with Gasteiger partial charge >= 0.3 is 0 Å². The highest BCUT2D eigenvalue weighted by Crippen LogP contribution is 2.13. The van der Waals surface area contributed by atoms with Gasteiger partial charge in [-0.3, -0.25) is 9.59 Å². The number of amides is 2. The molecule has 0 aromatic heterocycles. The standard InChI is InChI=1S/C20H23FN2O3/c1-3-22-20(25)15(2)23(13-16-9-11-17(21)12-10-16)19(24)14-26-18-7-5-4-6-8-18/h4-12,15H,3,13-14H2,1-2H3,(H,22,25)/t15-/m1/s1. The van der Waals surface area contributed by atoms with Gasteiger partial charge in [-0.1, -0.05) is 30.3 Å². The summed E-state index contributed by atoms with van der Waals surface area (Å²) in [5.74, 6) is -0.344. The summed E-state index contributed by atoms with van der Waals surface area (Å²) in [7, 11) is 0. The van der Waals surface area contributed by atoms with Crippen LogP contribution in [0.1, 0.15) is 19.4 Å². The molecule has 2 aromatic rings. The first kappa shape index (κ1) is 19.4. The molecular weight excluding hydrogens is 335 g/mol. The zero-order chi connectivity index (χ0) is 18.9. The largest absolute Gasteiger partial charge is 0.484 e. The number of ether oxygens (including phenoxy) is 1. The Kier molecular flexibility index (Phi) is 7.14. The van der Waals surface area contributed by atoms with Crippen LogP contribution in [0.25, 0.3) is 0 Å². The first-order valence-electron chi connectivity index (χ1n) is 8.50. The quantitative estimate of drug-likeness (QED) is 0.789. The SMILES string of the molecule is CCNC(=O)[C@@H](C)N(Cc1ccc(F)cc1)C(=O)COc1ccccc1. The fraction of sp³-hybridized carbons (Fsp3) is 0.300. The maximum Gasteiger partial charge on any atom is 0.261 e. The van der Waals surface area contributed by atoms with E-state index < -0.39 is 6.04 Å². The number of hydrogen-bond donors (Lipinski definition) is 1. The fourth-order valence-corrected chi connectivity index (χ4v) is 2.44. The summed E-state index contributed by atoms with van der Waals surface area (Å²) in [5.41, 5.74) is 0.732. The second-order valence-electron chi connectivity index (χ2n) is 5.82. The second kappa shape index (κ2) is 9.56. The predicted octanol–water partition coefficient (Wildman–Crippen LogP) is 2.76. The van der Waals surface area contributed by atoms with E-state index in [1.165, 1.54) is 17.0 Å². The highest BCUT2D eigenvalue weighted by molar-refractivity contribution is 5.87. The highest BCUT2D eigenvalue weighted by atomic mass is 19.1. The van der Waals surface area contributed by atoms with Gasteiger partial charge in [0, 0.05) is 13.1 Å². The molecule has 0 unspecified atom stereocenters. The normalized spacial score (nSPS) is 11.5. The second-order valence-corrected chi connectivity index (χ2v) is 5.82.